The SMILES string of the molecule is CCSc1ccc(C(CCc2ccsc2)NC)cc1. The molecule has 0 saturated carbocycles. The van der Waals surface area contributed by atoms with Gasteiger partial charge >= 0.3 is 0 Å². The van der Waals surface area contributed by atoms with Gasteiger partial charge in [-0.3, -0.25) is 0 Å². The van der Waals surface area contributed by atoms with Crippen LogP contribution >= 0.6 is 23.1 Å². The molecule has 19 heavy (non-hydrogen) atoms. The van der Waals surface area contributed by atoms with Crippen molar-refractivity contribution in [2.45, 2.75) is 30.7 Å². The van der Waals surface area contributed by atoms with Crippen LogP contribution in [0.15, 0.2) is 46.0 Å². The fraction of sp³-hybridized carbons (Fsp3) is 0.375. The average Bonchev–Trinajstić information content (AvgIpc) is 2.95. The molecule has 1 aromatic carbocycles. The van der Waals surface area contributed by atoms with Gasteiger partial charge < -0.3 is 5.32 Å². The summed E-state index contributed by atoms with van der Waals surface area (Å²) in [7, 11) is 2.05. The summed E-state index contributed by atoms with van der Waals surface area (Å²) >= 11 is 3.67. The Balaban J connectivity index is 1.96. The summed E-state index contributed by atoms with van der Waals surface area (Å²) in [5.74, 6) is 1.13. The van der Waals surface area contributed by atoms with Gasteiger partial charge in [0, 0.05) is 10.9 Å². The van der Waals surface area contributed by atoms with Crippen LogP contribution in [0.2, 0.25) is 0 Å². The summed E-state index contributed by atoms with van der Waals surface area (Å²) in [6.07, 6.45) is 2.29. The van der Waals surface area contributed by atoms with E-state index in [0.717, 1.165) is 18.6 Å². The summed E-state index contributed by atoms with van der Waals surface area (Å²) < 4.78 is 0. The first-order valence-corrected chi connectivity index (χ1v) is 8.67. The quantitative estimate of drug-likeness (QED) is 0.739. The van der Waals surface area contributed by atoms with Crippen LogP contribution in [-0.4, -0.2) is 12.8 Å². The molecule has 1 unspecified atom stereocenters. The van der Waals surface area contributed by atoms with E-state index in [1.54, 1.807) is 11.3 Å². The van der Waals surface area contributed by atoms with Gasteiger partial charge in [0.15, 0.2) is 0 Å². The Labute approximate surface area is 124 Å². The molecule has 102 valence electrons. The van der Waals surface area contributed by atoms with Gasteiger partial charge in [0.25, 0.3) is 0 Å². The fourth-order valence-corrected chi connectivity index (χ4v) is 3.55. The zero-order chi connectivity index (χ0) is 13.5. The largest absolute Gasteiger partial charge is 0.313 e. The van der Waals surface area contributed by atoms with Crippen LogP contribution in [0.25, 0.3) is 0 Å². The number of hydrogen-bond acceptors (Lipinski definition) is 3. The molecule has 2 rings (SSSR count). The molecule has 3 heteroatoms. The molecule has 0 aliphatic rings. The molecule has 0 radical (unpaired) electrons. The van der Waals surface area contributed by atoms with E-state index < -0.39 is 0 Å². The Bertz CT molecular complexity index is 462. The third-order valence-corrected chi connectivity index (χ3v) is 4.87. The molecule has 0 spiro atoms. The smallest absolute Gasteiger partial charge is 0.0320 e. The van der Waals surface area contributed by atoms with Crippen molar-refractivity contribution in [1.29, 1.82) is 0 Å². The maximum Gasteiger partial charge on any atom is 0.0320 e. The van der Waals surface area contributed by atoms with E-state index in [-0.39, 0.29) is 0 Å². The van der Waals surface area contributed by atoms with Gasteiger partial charge in [-0.15, -0.1) is 11.8 Å². The van der Waals surface area contributed by atoms with Crippen molar-refractivity contribution >= 4 is 23.1 Å². The zero-order valence-electron chi connectivity index (χ0n) is 11.6. The van der Waals surface area contributed by atoms with Crippen molar-refractivity contribution in [3.63, 3.8) is 0 Å². The molecule has 0 saturated heterocycles. The molecular formula is C16H21NS2. The van der Waals surface area contributed by atoms with E-state index in [2.05, 4.69) is 53.3 Å². The van der Waals surface area contributed by atoms with Crippen LogP contribution in [0.1, 0.15) is 30.5 Å². The van der Waals surface area contributed by atoms with E-state index >= 15 is 0 Å². The van der Waals surface area contributed by atoms with Crippen molar-refractivity contribution in [2.75, 3.05) is 12.8 Å². The molecule has 1 atom stereocenters. The predicted molar refractivity (Wildman–Crippen MR) is 87.3 cm³/mol. The highest BCUT2D eigenvalue weighted by atomic mass is 32.2. The van der Waals surface area contributed by atoms with E-state index in [1.165, 1.54) is 16.0 Å². The number of aryl methyl sites for hydroxylation is 1. The molecule has 1 nitrogen and oxygen atoms in total. The Morgan fingerprint density at radius 1 is 1.21 bits per heavy atom. The van der Waals surface area contributed by atoms with Crippen molar-refractivity contribution in [1.82, 2.24) is 5.32 Å². The summed E-state index contributed by atoms with van der Waals surface area (Å²) in [6, 6.07) is 11.6. The van der Waals surface area contributed by atoms with Gasteiger partial charge in [0.1, 0.15) is 0 Å². The minimum Gasteiger partial charge on any atom is -0.313 e. The van der Waals surface area contributed by atoms with Crippen LogP contribution in [-0.2, 0) is 6.42 Å². The molecule has 0 fully saturated rings. The number of hydrogen-bond donors (Lipinski definition) is 1. The highest BCUT2D eigenvalue weighted by molar-refractivity contribution is 7.99. The van der Waals surface area contributed by atoms with E-state index in [0.29, 0.717) is 6.04 Å². The summed E-state index contributed by atoms with van der Waals surface area (Å²) in [4.78, 5) is 1.36. The lowest BCUT2D eigenvalue weighted by Gasteiger charge is -2.16. The molecular weight excluding hydrogens is 270 g/mol. The van der Waals surface area contributed by atoms with Crippen molar-refractivity contribution in [3.8, 4) is 0 Å². The van der Waals surface area contributed by atoms with Crippen LogP contribution in [0.4, 0.5) is 0 Å². The minimum absolute atomic E-state index is 0.445. The molecule has 1 N–H and O–H groups in total. The second-order valence-electron chi connectivity index (χ2n) is 4.51. The Morgan fingerprint density at radius 3 is 2.58 bits per heavy atom. The third kappa shape index (κ3) is 4.37. The monoisotopic (exact) mass is 291 g/mol. The number of benzene rings is 1. The number of rotatable bonds is 7. The lowest BCUT2D eigenvalue weighted by molar-refractivity contribution is 0.549. The molecule has 1 heterocycles. The number of thioether (sulfide) groups is 1. The summed E-state index contributed by atoms with van der Waals surface area (Å²) in [5, 5.41) is 7.83. The Morgan fingerprint density at radius 2 is 2.00 bits per heavy atom. The van der Waals surface area contributed by atoms with Gasteiger partial charge in [-0.25, -0.2) is 0 Å². The van der Waals surface area contributed by atoms with Crippen molar-refractivity contribution < 1.29 is 0 Å². The second-order valence-corrected chi connectivity index (χ2v) is 6.63. The standard InChI is InChI=1S/C16H21NS2/c1-3-19-15-7-5-14(6-8-15)16(17-2)9-4-13-10-11-18-12-13/h5-8,10-12,16-17H,3-4,9H2,1-2H3. The van der Waals surface area contributed by atoms with Crippen LogP contribution in [0, 0.1) is 0 Å². The molecule has 0 amide bonds. The maximum atomic E-state index is 3.43. The zero-order valence-corrected chi connectivity index (χ0v) is 13.2. The van der Waals surface area contributed by atoms with Gasteiger partial charge in [-0.05, 0) is 65.7 Å². The van der Waals surface area contributed by atoms with Crippen LogP contribution in [0.5, 0.6) is 0 Å². The lowest BCUT2D eigenvalue weighted by atomic mass is 10.0. The summed E-state index contributed by atoms with van der Waals surface area (Å²) in [5.41, 5.74) is 2.83. The van der Waals surface area contributed by atoms with Gasteiger partial charge in [-0.1, -0.05) is 19.1 Å². The van der Waals surface area contributed by atoms with Crippen molar-refractivity contribution in [2.24, 2.45) is 0 Å². The normalized spacial score (nSPS) is 12.5. The highest BCUT2D eigenvalue weighted by Crippen LogP contribution is 2.23. The third-order valence-electron chi connectivity index (χ3n) is 3.24. The van der Waals surface area contributed by atoms with E-state index in [4.69, 9.17) is 0 Å². The first-order valence-electron chi connectivity index (χ1n) is 6.74. The van der Waals surface area contributed by atoms with Gasteiger partial charge in [0.05, 0.1) is 0 Å². The first kappa shape index (κ1) is 14.6. The molecule has 0 aliphatic carbocycles. The summed E-state index contributed by atoms with van der Waals surface area (Å²) in [6.45, 7) is 2.19. The average molecular weight is 291 g/mol. The Hall–Kier alpha value is -0.770. The fourth-order valence-electron chi connectivity index (χ4n) is 2.19. The molecule has 2 aromatic rings. The highest BCUT2D eigenvalue weighted by Gasteiger charge is 2.09. The minimum atomic E-state index is 0.445. The topological polar surface area (TPSA) is 12.0 Å². The van der Waals surface area contributed by atoms with Crippen LogP contribution in [0.3, 0.4) is 0 Å². The first-order chi connectivity index (χ1) is 9.33. The van der Waals surface area contributed by atoms with E-state index in [9.17, 15) is 0 Å². The Kier molecular flexibility index (Phi) is 5.95. The van der Waals surface area contributed by atoms with Crippen LogP contribution < -0.4 is 5.32 Å². The lowest BCUT2D eigenvalue weighted by Crippen LogP contribution is -2.16. The van der Waals surface area contributed by atoms with Crippen molar-refractivity contribution in [3.05, 3.63) is 52.2 Å². The number of nitrogens with one attached hydrogen (secondary N) is 1. The molecule has 1 aromatic heterocycles. The second kappa shape index (κ2) is 7.73. The van der Waals surface area contributed by atoms with E-state index in [1.807, 2.05) is 18.8 Å². The van der Waals surface area contributed by atoms with Gasteiger partial charge in [-0.2, -0.15) is 11.3 Å². The molecule has 0 bridgehead atoms. The number of thiophene rings is 1. The maximum absolute atomic E-state index is 3.43. The molecule has 0 aliphatic heterocycles. The predicted octanol–water partition coefficient (Wildman–Crippen LogP) is 4.75. The van der Waals surface area contributed by atoms with Gasteiger partial charge in [0.2, 0.25) is 0 Å².